The number of hydrogen-bond acceptors (Lipinski definition) is 3. The molecule has 2 saturated carbocycles. The molecule has 3 aromatic carbocycles. The molecule has 3 aromatic rings. The van der Waals surface area contributed by atoms with Gasteiger partial charge in [-0.25, -0.2) is 4.79 Å². The Morgan fingerprint density at radius 2 is 1.79 bits per heavy atom. The van der Waals surface area contributed by atoms with E-state index in [4.69, 9.17) is 16.3 Å². The second-order valence-corrected chi connectivity index (χ2v) is 9.99. The average molecular weight is 460 g/mol. The summed E-state index contributed by atoms with van der Waals surface area (Å²) in [5.74, 6) is 2.20. The first-order chi connectivity index (χ1) is 16.1. The first-order valence-corrected chi connectivity index (χ1v) is 12.1. The van der Waals surface area contributed by atoms with Crippen LogP contribution in [0, 0.1) is 17.8 Å². The summed E-state index contributed by atoms with van der Waals surface area (Å²) < 4.78 is 5.98. The van der Waals surface area contributed by atoms with E-state index in [1.54, 1.807) is 6.07 Å². The molecule has 2 aliphatic carbocycles. The zero-order valence-electron chi connectivity index (χ0n) is 18.2. The minimum absolute atomic E-state index is 0.107. The number of fused-ring (bicyclic) bond motifs is 7. The van der Waals surface area contributed by atoms with Crippen molar-refractivity contribution >= 4 is 23.3 Å². The van der Waals surface area contributed by atoms with E-state index < -0.39 is 5.97 Å². The van der Waals surface area contributed by atoms with Crippen LogP contribution in [-0.2, 0) is 6.61 Å². The third-order valence-electron chi connectivity index (χ3n) is 7.94. The smallest absolute Gasteiger partial charge is 0.337 e. The number of ether oxygens (including phenoxy) is 1. The molecule has 2 N–H and O–H groups in total. The molecule has 0 amide bonds. The number of para-hydroxylation sites is 1. The number of carbonyl (C=O) groups is 1. The molecule has 0 aromatic heterocycles. The van der Waals surface area contributed by atoms with Crippen molar-refractivity contribution in [1.29, 1.82) is 0 Å². The van der Waals surface area contributed by atoms with Gasteiger partial charge < -0.3 is 15.2 Å². The minimum atomic E-state index is -0.872. The molecule has 1 aliphatic heterocycles. The Hall–Kier alpha value is -2.98. The number of anilines is 1. The summed E-state index contributed by atoms with van der Waals surface area (Å²) in [6.07, 6.45) is 3.78. The van der Waals surface area contributed by atoms with Crippen molar-refractivity contribution in [2.45, 2.75) is 37.8 Å². The number of halogens is 1. The minimum Gasteiger partial charge on any atom is -0.489 e. The predicted molar refractivity (Wildman–Crippen MR) is 129 cm³/mol. The van der Waals surface area contributed by atoms with E-state index in [2.05, 4.69) is 23.5 Å². The van der Waals surface area contributed by atoms with Crippen LogP contribution in [-0.4, -0.2) is 11.1 Å². The van der Waals surface area contributed by atoms with Gasteiger partial charge in [-0.2, -0.15) is 0 Å². The molecule has 0 saturated heterocycles. The first kappa shape index (κ1) is 20.6. The summed E-state index contributed by atoms with van der Waals surface area (Å²) in [5.41, 5.74) is 4.53. The Morgan fingerprint density at radius 1 is 1.00 bits per heavy atom. The maximum atomic E-state index is 12.0. The lowest BCUT2D eigenvalue weighted by atomic mass is 9.67. The van der Waals surface area contributed by atoms with Crippen molar-refractivity contribution in [3.63, 3.8) is 0 Å². The molecular weight excluding hydrogens is 434 g/mol. The van der Waals surface area contributed by atoms with Crippen molar-refractivity contribution in [2.75, 3.05) is 5.32 Å². The molecule has 2 bridgehead atoms. The van der Waals surface area contributed by atoms with Gasteiger partial charge in [0.2, 0.25) is 0 Å². The molecule has 5 heteroatoms. The number of aromatic carboxylic acids is 1. The van der Waals surface area contributed by atoms with E-state index in [1.807, 2.05) is 42.5 Å². The normalized spacial score (nSPS) is 26.9. The highest BCUT2D eigenvalue weighted by Crippen LogP contribution is 2.64. The van der Waals surface area contributed by atoms with Gasteiger partial charge in [-0.1, -0.05) is 54.1 Å². The van der Waals surface area contributed by atoms with E-state index in [0.29, 0.717) is 40.9 Å². The number of nitrogens with one attached hydrogen (secondary N) is 1. The van der Waals surface area contributed by atoms with Crippen LogP contribution in [0.3, 0.4) is 0 Å². The van der Waals surface area contributed by atoms with Crippen LogP contribution in [0.4, 0.5) is 5.69 Å². The molecule has 5 atom stereocenters. The summed E-state index contributed by atoms with van der Waals surface area (Å²) in [6.45, 7) is 0.421. The summed E-state index contributed by atoms with van der Waals surface area (Å²) in [7, 11) is 0. The third-order valence-corrected chi connectivity index (χ3v) is 8.31. The lowest BCUT2D eigenvalue weighted by Crippen LogP contribution is -2.36. The van der Waals surface area contributed by atoms with Crippen molar-refractivity contribution in [1.82, 2.24) is 0 Å². The number of rotatable bonds is 5. The van der Waals surface area contributed by atoms with E-state index in [9.17, 15) is 9.90 Å². The zero-order valence-corrected chi connectivity index (χ0v) is 19.0. The van der Waals surface area contributed by atoms with Crippen LogP contribution in [0.5, 0.6) is 5.75 Å². The van der Waals surface area contributed by atoms with Crippen molar-refractivity contribution in [3.8, 4) is 5.75 Å². The standard InChI is InChI=1S/C28H26ClNO3/c29-23-7-2-1-4-19(23)15-33-20-12-10-16(11-13-20)26-25-18-9-8-17(14-18)24(25)21-5-3-6-22(28(31)32)27(21)30-26/h1-7,10-13,17-18,24-26,30H,8-9,14-15H2,(H,31,32)/t17-,18-,24+,25+,26+/m0/s1. The van der Waals surface area contributed by atoms with Crippen molar-refractivity contribution < 1.29 is 14.6 Å². The first-order valence-electron chi connectivity index (χ1n) is 11.7. The van der Waals surface area contributed by atoms with Crippen molar-refractivity contribution in [3.05, 3.63) is 94.0 Å². The third kappa shape index (κ3) is 3.48. The van der Waals surface area contributed by atoms with Gasteiger partial charge in [0.25, 0.3) is 0 Å². The second kappa shape index (κ2) is 8.11. The Labute approximate surface area is 198 Å². The molecule has 0 unspecified atom stereocenters. The molecule has 0 radical (unpaired) electrons. The maximum absolute atomic E-state index is 12.0. The SMILES string of the molecule is O=C(O)c1cccc2c1N[C@H](c1ccc(OCc3ccccc3Cl)cc1)[C@@H]1[C@H]3CC[C@@H](C3)[C@H]21. The van der Waals surface area contributed by atoms with Crippen molar-refractivity contribution in [2.24, 2.45) is 17.8 Å². The fraction of sp³-hybridized carbons (Fsp3) is 0.321. The highest BCUT2D eigenvalue weighted by Gasteiger charge is 2.54. The predicted octanol–water partition coefficient (Wildman–Crippen LogP) is 6.91. The van der Waals surface area contributed by atoms with Gasteiger partial charge >= 0.3 is 5.97 Å². The number of benzene rings is 3. The highest BCUT2D eigenvalue weighted by molar-refractivity contribution is 6.31. The lowest BCUT2D eigenvalue weighted by Gasteiger charge is -2.44. The molecule has 6 rings (SSSR count). The van der Waals surface area contributed by atoms with Crippen LogP contribution in [0.1, 0.15) is 58.3 Å². The zero-order chi connectivity index (χ0) is 22.5. The molecule has 4 nitrogen and oxygen atoms in total. The van der Waals surface area contributed by atoms with Gasteiger partial charge in [0.15, 0.2) is 0 Å². The van der Waals surface area contributed by atoms with Gasteiger partial charge in [0.05, 0.1) is 17.3 Å². The Kier molecular flexibility index (Phi) is 5.06. The van der Waals surface area contributed by atoms with Gasteiger partial charge in [0.1, 0.15) is 12.4 Å². The van der Waals surface area contributed by atoms with Gasteiger partial charge in [-0.15, -0.1) is 0 Å². The van der Waals surface area contributed by atoms with Crippen LogP contribution < -0.4 is 10.1 Å². The van der Waals surface area contributed by atoms with Crippen LogP contribution >= 0.6 is 11.6 Å². The molecule has 33 heavy (non-hydrogen) atoms. The highest BCUT2D eigenvalue weighted by atomic mass is 35.5. The quantitative estimate of drug-likeness (QED) is 0.435. The lowest BCUT2D eigenvalue weighted by molar-refractivity contribution is 0.0697. The van der Waals surface area contributed by atoms with Gasteiger partial charge in [-0.05, 0) is 78.3 Å². The van der Waals surface area contributed by atoms with Gasteiger partial charge in [0, 0.05) is 10.6 Å². The van der Waals surface area contributed by atoms with E-state index in [1.165, 1.54) is 30.4 Å². The van der Waals surface area contributed by atoms with Crippen LogP contribution in [0.15, 0.2) is 66.7 Å². The van der Waals surface area contributed by atoms with Crippen LogP contribution in [0.2, 0.25) is 5.02 Å². The summed E-state index contributed by atoms with van der Waals surface area (Å²) in [5, 5.41) is 14.2. The Balaban J connectivity index is 1.29. The monoisotopic (exact) mass is 459 g/mol. The number of hydrogen-bond donors (Lipinski definition) is 2. The van der Waals surface area contributed by atoms with E-state index in [0.717, 1.165) is 17.0 Å². The largest absolute Gasteiger partial charge is 0.489 e. The van der Waals surface area contributed by atoms with E-state index >= 15 is 0 Å². The number of carboxylic acids is 1. The molecular formula is C28H26ClNO3. The topological polar surface area (TPSA) is 58.6 Å². The Bertz CT molecular complexity index is 1210. The number of carboxylic acid groups (broad SMARTS) is 1. The Morgan fingerprint density at radius 3 is 2.58 bits per heavy atom. The molecule has 1 heterocycles. The summed E-state index contributed by atoms with van der Waals surface area (Å²) in [4.78, 5) is 12.0. The molecule has 3 aliphatic rings. The summed E-state index contributed by atoms with van der Waals surface area (Å²) >= 11 is 6.25. The maximum Gasteiger partial charge on any atom is 0.337 e. The van der Waals surface area contributed by atoms with Crippen LogP contribution in [0.25, 0.3) is 0 Å². The molecule has 0 spiro atoms. The van der Waals surface area contributed by atoms with E-state index in [-0.39, 0.29) is 6.04 Å². The fourth-order valence-corrected chi connectivity index (χ4v) is 6.76. The summed E-state index contributed by atoms with van der Waals surface area (Å²) in [6, 6.07) is 21.8. The molecule has 2 fully saturated rings. The second-order valence-electron chi connectivity index (χ2n) is 9.58. The average Bonchev–Trinajstić information content (AvgIpc) is 3.46. The fourth-order valence-electron chi connectivity index (χ4n) is 6.57. The van der Waals surface area contributed by atoms with Gasteiger partial charge in [-0.3, -0.25) is 0 Å². The molecule has 168 valence electrons.